The van der Waals surface area contributed by atoms with Gasteiger partial charge in [0, 0.05) is 0 Å². The second-order valence-electron chi connectivity index (χ2n) is 1.90. The van der Waals surface area contributed by atoms with Crippen molar-refractivity contribution in [2.75, 3.05) is 11.2 Å². The summed E-state index contributed by atoms with van der Waals surface area (Å²) in [4.78, 5) is 10.9. The minimum absolute atomic E-state index is 0.00670. The number of nitrogens with zero attached hydrogens (tertiary/aromatic N) is 3. The molecule has 0 amide bonds. The molecule has 13 heavy (non-hydrogen) atoms. The van der Waals surface area contributed by atoms with Gasteiger partial charge < -0.3 is 11.5 Å². The van der Waals surface area contributed by atoms with Gasteiger partial charge in [-0.25, -0.2) is 0 Å². The number of anilines is 2. The number of thiocarbonyl (C=S) groups is 1. The first kappa shape index (κ1) is 9.68. The number of aromatic nitrogens is 3. The summed E-state index contributed by atoms with van der Waals surface area (Å²) in [7, 11) is 0. The van der Waals surface area contributed by atoms with Gasteiger partial charge in [0.1, 0.15) is 0 Å². The Kier molecular flexibility index (Phi) is 2.98. The summed E-state index contributed by atoms with van der Waals surface area (Å²) in [5.41, 5.74) is 15.3. The molecule has 0 aliphatic heterocycles. The number of rotatable bonds is 2. The van der Waals surface area contributed by atoms with E-state index in [4.69, 9.17) is 23.1 Å². The van der Waals surface area contributed by atoms with Gasteiger partial charge in [-0.15, -0.1) is 0 Å². The van der Waals surface area contributed by atoms with Crippen molar-refractivity contribution in [3.8, 4) is 0 Å². The molecule has 1 rings (SSSR count). The maximum Gasteiger partial charge on any atom is 0.247 e. The van der Waals surface area contributed by atoms with Crippen LogP contribution in [0, 0.1) is 0 Å². The van der Waals surface area contributed by atoms with Crippen LogP contribution >= 0.6 is 23.8 Å². The van der Waals surface area contributed by atoms with Crippen molar-refractivity contribution in [1.29, 1.82) is 0 Å². The second kappa shape index (κ2) is 4.01. The zero-order chi connectivity index (χ0) is 9.84. The zero-order valence-corrected chi connectivity index (χ0v) is 7.85. The minimum atomic E-state index is -0.0141. The summed E-state index contributed by atoms with van der Waals surface area (Å²) in [6.07, 6.45) is 0. The van der Waals surface area contributed by atoms with Gasteiger partial charge in [-0.3, -0.25) is 10.9 Å². The summed E-state index contributed by atoms with van der Waals surface area (Å²) in [6, 6.07) is 0. The lowest BCUT2D eigenvalue weighted by Crippen LogP contribution is -2.34. The number of nitrogen functional groups attached to an aromatic ring is 1. The Morgan fingerprint density at radius 2 is 2.08 bits per heavy atom. The molecule has 0 aromatic carbocycles. The third-order valence-corrected chi connectivity index (χ3v) is 1.19. The molecule has 6 N–H and O–H groups in total. The van der Waals surface area contributed by atoms with Crippen LogP contribution in [0.1, 0.15) is 0 Å². The van der Waals surface area contributed by atoms with E-state index in [9.17, 15) is 0 Å². The summed E-state index contributed by atoms with van der Waals surface area (Å²) < 4.78 is 0. The number of hydrogen-bond acceptors (Lipinski definition) is 6. The fourth-order valence-corrected chi connectivity index (χ4v) is 0.756. The zero-order valence-electron chi connectivity index (χ0n) is 6.28. The monoisotopic (exact) mass is 219 g/mol. The first-order valence-corrected chi connectivity index (χ1v) is 3.85. The molecule has 0 spiro atoms. The summed E-state index contributed by atoms with van der Waals surface area (Å²) in [5.74, 6) is 0.150. The van der Waals surface area contributed by atoms with E-state index in [0.29, 0.717) is 0 Å². The molecule has 0 unspecified atom stereocenters. The fourth-order valence-electron chi connectivity index (χ4n) is 0.539. The summed E-state index contributed by atoms with van der Waals surface area (Å²) >= 11 is 10.0. The molecular formula is C4H6ClN7S. The Balaban J connectivity index is 2.71. The maximum absolute atomic E-state index is 5.49. The fraction of sp³-hybridized carbons (Fsp3) is 0. The van der Waals surface area contributed by atoms with Crippen molar-refractivity contribution in [2.45, 2.75) is 0 Å². The normalized spacial score (nSPS) is 9.31. The van der Waals surface area contributed by atoms with E-state index in [0.717, 1.165) is 0 Å². The molecular weight excluding hydrogens is 214 g/mol. The lowest BCUT2D eigenvalue weighted by atomic mass is 10.9. The quantitative estimate of drug-likeness (QED) is 0.380. The first-order valence-electron chi connectivity index (χ1n) is 3.06. The van der Waals surface area contributed by atoms with E-state index < -0.39 is 0 Å². The Morgan fingerprint density at radius 3 is 2.62 bits per heavy atom. The van der Waals surface area contributed by atoms with Gasteiger partial charge in [-0.05, 0) is 23.8 Å². The molecule has 0 fully saturated rings. The van der Waals surface area contributed by atoms with Crippen molar-refractivity contribution >= 4 is 40.8 Å². The van der Waals surface area contributed by atoms with Crippen molar-refractivity contribution in [3.63, 3.8) is 0 Å². The maximum atomic E-state index is 5.49. The number of nitrogens with two attached hydrogens (primary N) is 2. The molecule has 0 saturated heterocycles. The highest BCUT2D eigenvalue weighted by Crippen LogP contribution is 2.05. The molecule has 0 radical (unpaired) electrons. The Labute approximate surface area is 83.9 Å². The van der Waals surface area contributed by atoms with Crippen LogP contribution in [-0.2, 0) is 0 Å². The highest BCUT2D eigenvalue weighted by molar-refractivity contribution is 7.80. The third-order valence-electron chi connectivity index (χ3n) is 0.923. The van der Waals surface area contributed by atoms with Gasteiger partial charge in [0.2, 0.25) is 17.2 Å². The van der Waals surface area contributed by atoms with Crippen LogP contribution in [0.3, 0.4) is 0 Å². The van der Waals surface area contributed by atoms with Crippen LogP contribution in [-0.4, -0.2) is 20.1 Å². The second-order valence-corrected chi connectivity index (χ2v) is 2.68. The van der Waals surface area contributed by atoms with Crippen LogP contribution in [0.2, 0.25) is 5.28 Å². The van der Waals surface area contributed by atoms with Crippen LogP contribution in [0.5, 0.6) is 0 Å². The van der Waals surface area contributed by atoms with Gasteiger partial charge in [-0.2, -0.15) is 15.0 Å². The molecule has 0 aliphatic rings. The van der Waals surface area contributed by atoms with E-state index in [1.54, 1.807) is 0 Å². The van der Waals surface area contributed by atoms with E-state index >= 15 is 0 Å². The molecule has 0 aliphatic carbocycles. The van der Waals surface area contributed by atoms with E-state index in [2.05, 4.69) is 38.0 Å². The predicted molar refractivity (Wildman–Crippen MR) is 52.8 cm³/mol. The molecule has 9 heteroatoms. The first-order chi connectivity index (χ1) is 6.08. The van der Waals surface area contributed by atoms with Crippen molar-refractivity contribution in [2.24, 2.45) is 5.73 Å². The molecule has 1 aromatic rings. The number of hydrazine groups is 1. The average molecular weight is 220 g/mol. The largest absolute Gasteiger partial charge is 0.375 e. The lowest BCUT2D eigenvalue weighted by molar-refractivity contribution is 0.996. The molecule has 7 nitrogen and oxygen atoms in total. The van der Waals surface area contributed by atoms with E-state index in [-0.39, 0.29) is 22.3 Å². The van der Waals surface area contributed by atoms with Crippen LogP contribution in [0.25, 0.3) is 0 Å². The molecule has 0 atom stereocenters. The predicted octanol–water partition coefficient (Wildman–Crippen LogP) is -0.733. The van der Waals surface area contributed by atoms with Crippen molar-refractivity contribution in [3.05, 3.63) is 5.28 Å². The Hall–Kier alpha value is -1.41. The minimum Gasteiger partial charge on any atom is -0.375 e. The smallest absolute Gasteiger partial charge is 0.247 e. The number of hydrogen-bond donors (Lipinski definition) is 4. The average Bonchev–Trinajstić information content (AvgIpc) is 1.99. The molecule has 70 valence electrons. The van der Waals surface area contributed by atoms with E-state index in [1.807, 2.05) is 0 Å². The van der Waals surface area contributed by atoms with Gasteiger partial charge in [-0.1, -0.05) is 0 Å². The van der Waals surface area contributed by atoms with Crippen LogP contribution in [0.15, 0.2) is 0 Å². The van der Waals surface area contributed by atoms with E-state index in [1.165, 1.54) is 0 Å². The standard InChI is InChI=1S/C4H6ClN7S/c5-1-8-2(6)10-4(9-1)12-11-3(7)13/h(H3,7,11,13)(H3,6,8,9,10,12). The van der Waals surface area contributed by atoms with Crippen molar-refractivity contribution in [1.82, 2.24) is 20.4 Å². The Bertz CT molecular complexity index is 308. The van der Waals surface area contributed by atoms with Gasteiger partial charge in [0.25, 0.3) is 0 Å². The molecule has 0 bridgehead atoms. The summed E-state index contributed by atoms with van der Waals surface area (Å²) in [5, 5.41) is 0.0369. The number of halogens is 1. The van der Waals surface area contributed by atoms with Crippen LogP contribution in [0.4, 0.5) is 11.9 Å². The van der Waals surface area contributed by atoms with Gasteiger partial charge in [0.15, 0.2) is 5.11 Å². The molecule has 0 saturated carbocycles. The Morgan fingerprint density at radius 1 is 1.38 bits per heavy atom. The van der Waals surface area contributed by atoms with Crippen LogP contribution < -0.4 is 22.3 Å². The lowest BCUT2D eigenvalue weighted by Gasteiger charge is -2.05. The molecule has 1 heterocycles. The molecule has 1 aromatic heterocycles. The van der Waals surface area contributed by atoms with Gasteiger partial charge in [0.05, 0.1) is 0 Å². The highest BCUT2D eigenvalue weighted by atomic mass is 35.5. The number of nitrogens with one attached hydrogen (secondary N) is 2. The van der Waals surface area contributed by atoms with Gasteiger partial charge >= 0.3 is 0 Å². The highest BCUT2D eigenvalue weighted by Gasteiger charge is 2.00. The summed E-state index contributed by atoms with van der Waals surface area (Å²) in [6.45, 7) is 0. The third kappa shape index (κ3) is 3.22. The topological polar surface area (TPSA) is 115 Å². The van der Waals surface area contributed by atoms with Crippen molar-refractivity contribution < 1.29 is 0 Å². The SMILES string of the molecule is NC(=S)NNc1nc(N)nc(Cl)n1.